The van der Waals surface area contributed by atoms with Crippen LogP contribution < -0.4 is 16.5 Å². The second kappa shape index (κ2) is 12.5. The fourth-order valence-electron chi connectivity index (χ4n) is 6.27. The number of hydroxylamine groups is 1. The Morgan fingerprint density at radius 1 is 1.00 bits per heavy atom. The zero-order chi connectivity index (χ0) is 25.5. The van der Waals surface area contributed by atoms with Gasteiger partial charge in [0.05, 0.1) is 30.1 Å². The van der Waals surface area contributed by atoms with Crippen molar-refractivity contribution < 1.29 is 33.8 Å². The van der Waals surface area contributed by atoms with Crippen LogP contribution in [0.5, 0.6) is 0 Å². The first-order valence-corrected chi connectivity index (χ1v) is 13.1. The van der Waals surface area contributed by atoms with Crippen LogP contribution in [-0.4, -0.2) is 66.6 Å². The number of amides is 2. The number of hydrogen-bond acceptors (Lipinski definition) is 8. The van der Waals surface area contributed by atoms with E-state index in [1.54, 1.807) is 5.48 Å². The van der Waals surface area contributed by atoms with Gasteiger partial charge in [-0.05, 0) is 57.8 Å². The Kier molecular flexibility index (Phi) is 9.92. The summed E-state index contributed by atoms with van der Waals surface area (Å²) < 4.78 is 16.3. The minimum absolute atomic E-state index is 0.0146. The first-order valence-electron chi connectivity index (χ1n) is 13.1. The molecule has 0 radical (unpaired) electrons. The first kappa shape index (κ1) is 27.8. The predicted octanol–water partition coefficient (Wildman–Crippen LogP) is 1.96. The molecule has 0 bridgehead atoms. The number of nitrogens with one attached hydrogen (secondary N) is 2. The zero-order valence-corrected chi connectivity index (χ0v) is 21.2. The molecule has 0 aromatic carbocycles. The van der Waals surface area contributed by atoms with Crippen molar-refractivity contribution in [2.75, 3.05) is 20.3 Å². The number of nitrogens with two attached hydrogens (primary N) is 1. The lowest BCUT2D eigenvalue weighted by molar-refractivity contribution is -0.146. The van der Waals surface area contributed by atoms with Crippen molar-refractivity contribution >= 4 is 17.8 Å². The number of carbonyl (C=O) groups is 3. The summed E-state index contributed by atoms with van der Waals surface area (Å²) >= 11 is 0. The molecule has 6 atom stereocenters. The van der Waals surface area contributed by atoms with E-state index in [-0.39, 0.29) is 41.1 Å². The fourth-order valence-corrected chi connectivity index (χ4v) is 6.27. The summed E-state index contributed by atoms with van der Waals surface area (Å²) in [4.78, 5) is 35.2. The van der Waals surface area contributed by atoms with Crippen molar-refractivity contribution in [3.8, 4) is 0 Å². The molecule has 2 heterocycles. The minimum atomic E-state index is -0.429. The van der Waals surface area contributed by atoms with Crippen molar-refractivity contribution in [3.05, 3.63) is 0 Å². The van der Waals surface area contributed by atoms with Gasteiger partial charge in [-0.25, -0.2) is 5.48 Å². The van der Waals surface area contributed by atoms with Crippen molar-refractivity contribution in [1.82, 2.24) is 10.8 Å². The van der Waals surface area contributed by atoms with E-state index >= 15 is 0 Å². The number of hydrogen-bond donors (Lipinski definition) is 4. The number of ether oxygens (including phenoxy) is 3. The molecule has 35 heavy (non-hydrogen) atoms. The van der Waals surface area contributed by atoms with Crippen molar-refractivity contribution in [2.24, 2.45) is 17.6 Å². The van der Waals surface area contributed by atoms with Gasteiger partial charge in [0, 0.05) is 31.7 Å². The molecule has 2 amide bonds. The van der Waals surface area contributed by atoms with E-state index in [2.05, 4.69) is 12.2 Å². The Labute approximate surface area is 207 Å². The van der Waals surface area contributed by atoms with Gasteiger partial charge in [0.25, 0.3) is 0 Å². The van der Waals surface area contributed by atoms with E-state index in [1.165, 1.54) is 7.11 Å². The lowest BCUT2D eigenvalue weighted by Crippen LogP contribution is -2.43. The van der Waals surface area contributed by atoms with Crippen LogP contribution in [0.15, 0.2) is 0 Å². The number of methoxy groups -OCH3 is 1. The van der Waals surface area contributed by atoms with E-state index in [1.807, 2.05) is 0 Å². The fraction of sp³-hybridized carbons (Fsp3) is 0.880. The second-order valence-electron chi connectivity index (χ2n) is 10.6. The second-order valence-corrected chi connectivity index (χ2v) is 10.6. The molecule has 2 aliphatic carbocycles. The number of esters is 1. The summed E-state index contributed by atoms with van der Waals surface area (Å²) in [7, 11) is 1.41. The molecule has 200 valence electrons. The molecule has 4 rings (SSSR count). The van der Waals surface area contributed by atoms with Gasteiger partial charge in [-0.1, -0.05) is 19.8 Å². The van der Waals surface area contributed by atoms with Gasteiger partial charge in [0.1, 0.15) is 0 Å². The molecule has 10 heteroatoms. The molecule has 2 saturated carbocycles. The van der Waals surface area contributed by atoms with E-state index < -0.39 is 11.8 Å². The van der Waals surface area contributed by atoms with Crippen LogP contribution in [0.1, 0.15) is 84.0 Å². The van der Waals surface area contributed by atoms with Crippen LogP contribution in [0.2, 0.25) is 0 Å². The Bertz CT molecular complexity index is 735. The average molecular weight is 498 g/mol. The van der Waals surface area contributed by atoms with Crippen LogP contribution in [0, 0.1) is 11.8 Å². The molecule has 10 nitrogen and oxygen atoms in total. The number of carbonyl (C=O) groups excluding carboxylic acids is 3. The van der Waals surface area contributed by atoms with Crippen LogP contribution in [0.4, 0.5) is 0 Å². The van der Waals surface area contributed by atoms with Gasteiger partial charge in [0.2, 0.25) is 11.8 Å². The third kappa shape index (κ3) is 6.93. The monoisotopic (exact) mass is 497 g/mol. The Morgan fingerprint density at radius 2 is 1.63 bits per heavy atom. The van der Waals surface area contributed by atoms with Gasteiger partial charge in [0.15, 0.2) is 0 Å². The minimum Gasteiger partial charge on any atom is -0.469 e. The standard InChI is InChI=1S/C15H26N2O4.C10H17NO3/c1-2-3-4-6-13(18)16-12-10-15(7-5-8-21-15)9-11(12)14(19)17-20;1-13-9(12)7-5-10(6-8(7)11)3-2-4-14-10/h11-12,20H,2-10H2,1H3,(H,16,18)(H,17,19);7-8H,2-6,11H2,1H3/t11-,12+,15?;7-,8+,10?/m00/s1. The quantitative estimate of drug-likeness (QED) is 0.180. The molecule has 2 aliphatic heterocycles. The summed E-state index contributed by atoms with van der Waals surface area (Å²) in [6.45, 7) is 3.61. The highest BCUT2D eigenvalue weighted by atomic mass is 16.5. The molecule has 4 fully saturated rings. The lowest BCUT2D eigenvalue weighted by Gasteiger charge is -2.22. The summed E-state index contributed by atoms with van der Waals surface area (Å²) in [6.07, 6.45) is 10.3. The number of rotatable bonds is 7. The Balaban J connectivity index is 0.000000211. The van der Waals surface area contributed by atoms with E-state index in [0.29, 0.717) is 25.9 Å². The Hall–Kier alpha value is -1.75. The molecule has 2 saturated heterocycles. The van der Waals surface area contributed by atoms with E-state index in [0.717, 1.165) is 64.4 Å². The smallest absolute Gasteiger partial charge is 0.310 e. The summed E-state index contributed by atoms with van der Waals surface area (Å²) in [5.74, 6) is -1.22. The van der Waals surface area contributed by atoms with E-state index in [9.17, 15) is 14.4 Å². The normalized spacial score (nSPS) is 35.7. The van der Waals surface area contributed by atoms with Gasteiger partial charge in [-0.2, -0.15) is 0 Å². The summed E-state index contributed by atoms with van der Waals surface area (Å²) in [5.41, 5.74) is 7.25. The maximum absolute atomic E-state index is 12.0. The molecule has 0 aromatic rings. The molecule has 5 N–H and O–H groups in total. The van der Waals surface area contributed by atoms with Crippen molar-refractivity contribution in [1.29, 1.82) is 0 Å². The largest absolute Gasteiger partial charge is 0.469 e. The maximum Gasteiger partial charge on any atom is 0.310 e. The molecular formula is C25H43N3O7. The highest BCUT2D eigenvalue weighted by Gasteiger charge is 2.51. The lowest BCUT2D eigenvalue weighted by atomic mass is 9.96. The van der Waals surface area contributed by atoms with Crippen molar-refractivity contribution in [3.63, 3.8) is 0 Å². The van der Waals surface area contributed by atoms with Crippen LogP contribution in [0.25, 0.3) is 0 Å². The number of unbranched alkanes of at least 4 members (excludes halogenated alkanes) is 2. The van der Waals surface area contributed by atoms with E-state index in [4.69, 9.17) is 25.2 Å². The predicted molar refractivity (Wildman–Crippen MR) is 127 cm³/mol. The third-order valence-electron chi connectivity index (χ3n) is 8.06. The molecule has 2 unspecified atom stereocenters. The average Bonchev–Trinajstić information content (AvgIpc) is 3.63. The molecule has 4 aliphatic rings. The van der Waals surface area contributed by atoms with Gasteiger partial charge >= 0.3 is 5.97 Å². The van der Waals surface area contributed by atoms with Gasteiger partial charge in [-0.3, -0.25) is 19.6 Å². The SMILES string of the molecule is CCCCCC(=O)N[C@@H]1CC2(CCCO2)C[C@@H]1C(=O)NO.COC(=O)[C@H]1CC2(CCCO2)C[C@H]1N. The molecular weight excluding hydrogens is 454 g/mol. The molecule has 2 spiro atoms. The summed E-state index contributed by atoms with van der Waals surface area (Å²) in [6, 6.07) is -0.343. The third-order valence-corrected chi connectivity index (χ3v) is 8.06. The van der Waals surface area contributed by atoms with Crippen LogP contribution in [-0.2, 0) is 28.6 Å². The zero-order valence-electron chi connectivity index (χ0n) is 21.2. The molecule has 0 aromatic heterocycles. The Morgan fingerprint density at radius 3 is 2.17 bits per heavy atom. The first-order chi connectivity index (χ1) is 16.8. The van der Waals surface area contributed by atoms with Crippen molar-refractivity contribution in [2.45, 2.75) is 107 Å². The van der Waals surface area contributed by atoms with Crippen LogP contribution >= 0.6 is 0 Å². The maximum atomic E-state index is 12.0. The van der Waals surface area contributed by atoms with Crippen LogP contribution in [0.3, 0.4) is 0 Å². The highest BCUT2D eigenvalue weighted by Crippen LogP contribution is 2.45. The highest BCUT2D eigenvalue weighted by molar-refractivity contribution is 5.81. The topological polar surface area (TPSA) is 149 Å². The van der Waals surface area contributed by atoms with Gasteiger partial charge in [-0.15, -0.1) is 0 Å². The van der Waals surface area contributed by atoms with Gasteiger partial charge < -0.3 is 25.3 Å². The summed E-state index contributed by atoms with van der Waals surface area (Å²) in [5, 5.41) is 11.9.